The van der Waals surface area contributed by atoms with E-state index in [0.717, 1.165) is 19.3 Å². The summed E-state index contributed by atoms with van der Waals surface area (Å²) in [5.74, 6) is 0.460. The summed E-state index contributed by atoms with van der Waals surface area (Å²) in [6, 6.07) is 5.49. The average molecular weight is 368 g/mol. The summed E-state index contributed by atoms with van der Waals surface area (Å²) in [4.78, 5) is 12.6. The third-order valence-corrected chi connectivity index (χ3v) is 4.94. The minimum absolute atomic E-state index is 0.0467. The zero-order valence-electron chi connectivity index (χ0n) is 16.1. The van der Waals surface area contributed by atoms with Gasteiger partial charge in [0.2, 0.25) is 0 Å². The molecule has 1 amide bonds. The number of phenolic OH excluding ortho intramolecular Hbond substituents is 1. The van der Waals surface area contributed by atoms with Gasteiger partial charge in [-0.15, -0.1) is 6.58 Å². The van der Waals surface area contributed by atoms with E-state index in [2.05, 4.69) is 18.8 Å². The molecule has 144 valence electrons. The molecule has 2 rings (SSSR count). The lowest BCUT2D eigenvalue weighted by molar-refractivity contribution is -0.118. The summed E-state index contributed by atoms with van der Waals surface area (Å²) in [7, 11) is 0. The summed E-state index contributed by atoms with van der Waals surface area (Å²) in [6.07, 6.45) is 8.01. The van der Waals surface area contributed by atoms with Crippen LogP contribution in [-0.4, -0.2) is 23.7 Å². The second-order valence-electron chi connectivity index (χ2n) is 6.96. The van der Waals surface area contributed by atoms with Gasteiger partial charge in [0.15, 0.2) is 11.5 Å². The SMILES string of the molecule is C=CCc1cc(/C=C(\C#N)C(=O)N[C@@H]2CCCC[C@@H]2C)cc(OCC)c1O. The molecule has 1 aromatic rings. The Kier molecular flexibility index (Phi) is 7.48. The van der Waals surface area contributed by atoms with E-state index in [4.69, 9.17) is 4.74 Å². The third kappa shape index (κ3) is 5.37. The molecular formula is C22H28N2O3. The Morgan fingerprint density at radius 1 is 1.44 bits per heavy atom. The smallest absolute Gasteiger partial charge is 0.262 e. The molecule has 0 aliphatic heterocycles. The zero-order chi connectivity index (χ0) is 19.8. The molecule has 27 heavy (non-hydrogen) atoms. The van der Waals surface area contributed by atoms with Crippen LogP contribution in [0.3, 0.4) is 0 Å². The highest BCUT2D eigenvalue weighted by Gasteiger charge is 2.24. The fourth-order valence-corrected chi connectivity index (χ4v) is 3.44. The molecule has 0 saturated heterocycles. The number of benzene rings is 1. The zero-order valence-corrected chi connectivity index (χ0v) is 16.1. The highest BCUT2D eigenvalue weighted by atomic mass is 16.5. The lowest BCUT2D eigenvalue weighted by Gasteiger charge is -2.29. The number of phenols is 1. The van der Waals surface area contributed by atoms with Gasteiger partial charge in [0.25, 0.3) is 5.91 Å². The van der Waals surface area contributed by atoms with Crippen LogP contribution < -0.4 is 10.1 Å². The van der Waals surface area contributed by atoms with Crippen molar-refractivity contribution in [2.75, 3.05) is 6.61 Å². The number of carbonyl (C=O) groups is 1. The number of nitrogens with zero attached hydrogens (tertiary/aromatic N) is 1. The fourth-order valence-electron chi connectivity index (χ4n) is 3.44. The van der Waals surface area contributed by atoms with Gasteiger partial charge in [-0.05, 0) is 55.9 Å². The fraction of sp³-hybridized carbons (Fsp3) is 0.455. The molecule has 0 bridgehead atoms. The number of hydrogen-bond acceptors (Lipinski definition) is 4. The summed E-state index contributed by atoms with van der Waals surface area (Å²) in [5.41, 5.74) is 1.32. The maximum Gasteiger partial charge on any atom is 0.262 e. The van der Waals surface area contributed by atoms with E-state index in [1.807, 2.05) is 13.0 Å². The molecule has 1 aromatic carbocycles. The normalized spacial score (nSPS) is 19.8. The van der Waals surface area contributed by atoms with E-state index in [9.17, 15) is 15.2 Å². The van der Waals surface area contributed by atoms with Crippen molar-refractivity contribution in [3.63, 3.8) is 0 Å². The van der Waals surface area contributed by atoms with Gasteiger partial charge < -0.3 is 15.2 Å². The highest BCUT2D eigenvalue weighted by Crippen LogP contribution is 2.33. The van der Waals surface area contributed by atoms with Gasteiger partial charge in [-0.2, -0.15) is 5.26 Å². The van der Waals surface area contributed by atoms with E-state index >= 15 is 0 Å². The van der Waals surface area contributed by atoms with E-state index in [-0.39, 0.29) is 23.3 Å². The highest BCUT2D eigenvalue weighted by molar-refractivity contribution is 6.01. The van der Waals surface area contributed by atoms with Crippen molar-refractivity contribution < 1.29 is 14.6 Å². The van der Waals surface area contributed by atoms with Crippen molar-refractivity contribution in [3.05, 3.63) is 41.5 Å². The van der Waals surface area contributed by atoms with E-state index in [1.165, 1.54) is 12.5 Å². The number of nitrogens with one attached hydrogen (secondary N) is 1. The predicted octanol–water partition coefficient (Wildman–Crippen LogP) is 4.12. The van der Waals surface area contributed by atoms with Crippen LogP contribution in [-0.2, 0) is 11.2 Å². The predicted molar refractivity (Wildman–Crippen MR) is 106 cm³/mol. The molecule has 2 N–H and O–H groups in total. The molecule has 0 unspecified atom stereocenters. The molecule has 1 aliphatic carbocycles. The summed E-state index contributed by atoms with van der Waals surface area (Å²) >= 11 is 0. The maximum atomic E-state index is 12.6. The first kappa shape index (κ1) is 20.6. The van der Waals surface area contributed by atoms with Crippen LogP contribution in [0.2, 0.25) is 0 Å². The van der Waals surface area contributed by atoms with Crippen LogP contribution in [0.5, 0.6) is 11.5 Å². The van der Waals surface area contributed by atoms with E-state index in [0.29, 0.717) is 35.8 Å². The molecule has 1 saturated carbocycles. The first-order chi connectivity index (χ1) is 13.0. The van der Waals surface area contributed by atoms with Crippen molar-refractivity contribution in [2.24, 2.45) is 5.92 Å². The van der Waals surface area contributed by atoms with Crippen LogP contribution >= 0.6 is 0 Å². The molecule has 1 aliphatic rings. The van der Waals surface area contributed by atoms with Crippen LogP contribution in [0, 0.1) is 17.2 Å². The first-order valence-corrected chi connectivity index (χ1v) is 9.52. The number of ether oxygens (including phenoxy) is 1. The van der Waals surface area contributed by atoms with Crippen molar-refractivity contribution >= 4 is 12.0 Å². The molecule has 2 atom stereocenters. The van der Waals surface area contributed by atoms with Gasteiger partial charge in [-0.3, -0.25) is 4.79 Å². The van der Waals surface area contributed by atoms with Gasteiger partial charge in [-0.1, -0.05) is 25.8 Å². The second kappa shape index (κ2) is 9.82. The Morgan fingerprint density at radius 3 is 2.81 bits per heavy atom. The minimum atomic E-state index is -0.354. The molecule has 0 spiro atoms. The Bertz CT molecular complexity index is 762. The standard InChI is InChI=1S/C22H28N2O3/c1-4-8-17-11-16(13-20(21(17)25)27-5-2)12-18(14-23)22(26)24-19-10-7-6-9-15(19)3/h4,11-13,15,19,25H,1,5-10H2,2-3H3,(H,24,26)/b18-12+/t15-,19+/m0/s1. The summed E-state index contributed by atoms with van der Waals surface area (Å²) in [5, 5.41) is 22.8. The minimum Gasteiger partial charge on any atom is -0.504 e. The van der Waals surface area contributed by atoms with Gasteiger partial charge in [0.05, 0.1) is 6.61 Å². The molecule has 0 aromatic heterocycles. The number of amides is 1. The molecule has 0 heterocycles. The quantitative estimate of drug-likeness (QED) is 0.431. The Hall–Kier alpha value is -2.74. The molecular weight excluding hydrogens is 340 g/mol. The summed E-state index contributed by atoms with van der Waals surface area (Å²) < 4.78 is 5.48. The van der Waals surface area contributed by atoms with Gasteiger partial charge in [-0.25, -0.2) is 0 Å². The van der Waals surface area contributed by atoms with Crippen LogP contribution in [0.1, 0.15) is 50.7 Å². The number of carbonyl (C=O) groups excluding carboxylic acids is 1. The second-order valence-corrected chi connectivity index (χ2v) is 6.96. The molecule has 5 nitrogen and oxygen atoms in total. The van der Waals surface area contributed by atoms with Crippen molar-refractivity contribution in [3.8, 4) is 17.6 Å². The number of hydrogen-bond donors (Lipinski definition) is 2. The van der Waals surface area contributed by atoms with Gasteiger partial charge in [0.1, 0.15) is 11.6 Å². The average Bonchev–Trinajstić information content (AvgIpc) is 2.65. The third-order valence-electron chi connectivity index (χ3n) is 4.94. The lowest BCUT2D eigenvalue weighted by Crippen LogP contribution is -2.41. The number of aromatic hydroxyl groups is 1. The number of rotatable bonds is 7. The largest absolute Gasteiger partial charge is 0.504 e. The van der Waals surface area contributed by atoms with Crippen LogP contribution in [0.4, 0.5) is 0 Å². The monoisotopic (exact) mass is 368 g/mol. The Morgan fingerprint density at radius 2 is 2.19 bits per heavy atom. The number of allylic oxidation sites excluding steroid dienone is 1. The van der Waals surface area contributed by atoms with Crippen LogP contribution in [0.15, 0.2) is 30.4 Å². The Labute approximate surface area is 161 Å². The molecule has 0 radical (unpaired) electrons. The van der Waals surface area contributed by atoms with Crippen molar-refractivity contribution in [1.82, 2.24) is 5.32 Å². The summed E-state index contributed by atoms with van der Waals surface area (Å²) in [6.45, 7) is 8.06. The lowest BCUT2D eigenvalue weighted by atomic mass is 9.86. The molecule has 5 heteroatoms. The maximum absolute atomic E-state index is 12.6. The van der Waals surface area contributed by atoms with Gasteiger partial charge >= 0.3 is 0 Å². The molecule has 1 fully saturated rings. The van der Waals surface area contributed by atoms with Crippen molar-refractivity contribution in [2.45, 2.75) is 52.0 Å². The topological polar surface area (TPSA) is 82.4 Å². The van der Waals surface area contributed by atoms with E-state index < -0.39 is 0 Å². The van der Waals surface area contributed by atoms with Gasteiger partial charge in [0, 0.05) is 11.6 Å². The van der Waals surface area contributed by atoms with Crippen molar-refractivity contribution in [1.29, 1.82) is 5.26 Å². The first-order valence-electron chi connectivity index (χ1n) is 9.52. The number of nitriles is 1. The Balaban J connectivity index is 2.28. The van der Waals surface area contributed by atoms with Crippen LogP contribution in [0.25, 0.3) is 6.08 Å². The van der Waals surface area contributed by atoms with E-state index in [1.54, 1.807) is 18.2 Å².